The molecule has 1 rings (SSSR count). The molecule has 1 aromatic rings. The molecule has 0 fully saturated rings. The third-order valence-corrected chi connectivity index (χ3v) is 2.39. The summed E-state index contributed by atoms with van der Waals surface area (Å²) in [5.74, 6) is 0.851. The van der Waals surface area contributed by atoms with Crippen LogP contribution < -0.4 is 10.5 Å². The molecule has 2 N–H and O–H groups in total. The number of nitriles is 1. The summed E-state index contributed by atoms with van der Waals surface area (Å²) in [6.45, 7) is 5.63. The van der Waals surface area contributed by atoms with Crippen LogP contribution in [0, 0.1) is 18.3 Å². The molecule has 86 valence electrons. The Bertz CT molecular complexity index is 393. The van der Waals surface area contributed by atoms with Gasteiger partial charge in [-0.2, -0.15) is 5.26 Å². The van der Waals surface area contributed by atoms with Crippen LogP contribution in [0.1, 0.15) is 25.8 Å². The van der Waals surface area contributed by atoms with Crippen LogP contribution in [-0.4, -0.2) is 11.6 Å². The second kappa shape index (κ2) is 5.00. The predicted octanol–water partition coefficient (Wildman–Crippen LogP) is 2.39. The number of rotatable bonds is 4. The number of hydrogen-bond acceptors (Lipinski definition) is 3. The Hall–Kier alpha value is -1.53. The first-order valence-corrected chi connectivity index (χ1v) is 5.37. The van der Waals surface area contributed by atoms with Crippen molar-refractivity contribution in [3.8, 4) is 11.8 Å². The highest BCUT2D eigenvalue weighted by molar-refractivity contribution is 5.31. The van der Waals surface area contributed by atoms with E-state index in [1.807, 2.05) is 38.1 Å². The van der Waals surface area contributed by atoms with Crippen molar-refractivity contribution in [1.29, 1.82) is 5.26 Å². The number of aryl methyl sites for hydroxylation is 1. The average molecular weight is 218 g/mol. The smallest absolute Gasteiger partial charge is 0.122 e. The van der Waals surface area contributed by atoms with E-state index in [4.69, 9.17) is 15.7 Å². The topological polar surface area (TPSA) is 59.0 Å². The molecular formula is C13H18N2O. The highest BCUT2D eigenvalue weighted by atomic mass is 16.5. The molecule has 0 radical (unpaired) electrons. The van der Waals surface area contributed by atoms with Gasteiger partial charge < -0.3 is 10.5 Å². The third kappa shape index (κ3) is 3.56. The van der Waals surface area contributed by atoms with Crippen LogP contribution in [0.3, 0.4) is 0 Å². The van der Waals surface area contributed by atoms with E-state index < -0.39 is 5.54 Å². The minimum absolute atomic E-state index is 0.0734. The van der Waals surface area contributed by atoms with Crippen LogP contribution >= 0.6 is 0 Å². The lowest BCUT2D eigenvalue weighted by molar-refractivity contribution is 0.190. The van der Waals surface area contributed by atoms with Gasteiger partial charge in [-0.1, -0.05) is 18.2 Å². The highest BCUT2D eigenvalue weighted by Gasteiger charge is 2.22. The van der Waals surface area contributed by atoms with Crippen molar-refractivity contribution in [3.63, 3.8) is 0 Å². The van der Waals surface area contributed by atoms with Gasteiger partial charge >= 0.3 is 0 Å². The van der Waals surface area contributed by atoms with Crippen molar-refractivity contribution in [2.45, 2.75) is 38.8 Å². The molecule has 1 aromatic carbocycles. The monoisotopic (exact) mass is 218 g/mol. The van der Waals surface area contributed by atoms with Gasteiger partial charge in [-0.3, -0.25) is 0 Å². The van der Waals surface area contributed by atoms with Crippen molar-refractivity contribution in [1.82, 2.24) is 0 Å². The highest BCUT2D eigenvalue weighted by Crippen LogP contribution is 2.20. The lowest BCUT2D eigenvalue weighted by atomic mass is 9.98. The molecule has 16 heavy (non-hydrogen) atoms. The molecule has 3 nitrogen and oxygen atoms in total. The summed E-state index contributed by atoms with van der Waals surface area (Å²) < 4.78 is 5.75. The molecule has 0 aliphatic carbocycles. The SMILES string of the molecule is Cc1ccccc1OC(C)CC(C)(N)C#N. The van der Waals surface area contributed by atoms with Crippen molar-refractivity contribution in [2.24, 2.45) is 5.73 Å². The second-order valence-corrected chi connectivity index (χ2v) is 4.43. The minimum atomic E-state index is -0.831. The second-order valence-electron chi connectivity index (χ2n) is 4.43. The third-order valence-electron chi connectivity index (χ3n) is 2.39. The van der Waals surface area contributed by atoms with E-state index in [9.17, 15) is 0 Å². The van der Waals surface area contributed by atoms with Gasteiger partial charge in [-0.15, -0.1) is 0 Å². The van der Waals surface area contributed by atoms with Crippen LogP contribution in [0.25, 0.3) is 0 Å². The Morgan fingerprint density at radius 2 is 2.12 bits per heavy atom. The van der Waals surface area contributed by atoms with E-state index in [-0.39, 0.29) is 6.10 Å². The molecule has 0 bridgehead atoms. The Morgan fingerprint density at radius 3 is 2.69 bits per heavy atom. The summed E-state index contributed by atoms with van der Waals surface area (Å²) in [4.78, 5) is 0. The maximum atomic E-state index is 8.83. The molecule has 0 saturated carbocycles. The zero-order chi connectivity index (χ0) is 12.2. The predicted molar refractivity (Wildman–Crippen MR) is 64.1 cm³/mol. The minimum Gasteiger partial charge on any atom is -0.490 e. The Kier molecular flexibility index (Phi) is 3.92. The van der Waals surface area contributed by atoms with Crippen molar-refractivity contribution in [2.75, 3.05) is 0 Å². The number of hydrogen-bond donors (Lipinski definition) is 1. The van der Waals surface area contributed by atoms with Crippen molar-refractivity contribution in [3.05, 3.63) is 29.8 Å². The lowest BCUT2D eigenvalue weighted by Crippen LogP contribution is -2.38. The van der Waals surface area contributed by atoms with Crippen LogP contribution in [0.15, 0.2) is 24.3 Å². The standard InChI is InChI=1S/C13H18N2O/c1-10-6-4-5-7-12(10)16-11(2)8-13(3,15)9-14/h4-7,11H,8,15H2,1-3H3. The summed E-state index contributed by atoms with van der Waals surface area (Å²) in [5.41, 5.74) is 6.02. The van der Waals surface area contributed by atoms with Crippen LogP contribution in [0.4, 0.5) is 0 Å². The molecule has 0 heterocycles. The zero-order valence-corrected chi connectivity index (χ0v) is 10.0. The van der Waals surface area contributed by atoms with Gasteiger partial charge in [0.15, 0.2) is 0 Å². The first-order chi connectivity index (χ1) is 7.44. The van der Waals surface area contributed by atoms with Crippen LogP contribution in [0.2, 0.25) is 0 Å². The van der Waals surface area contributed by atoms with Gasteiger partial charge in [0.25, 0.3) is 0 Å². The molecule has 0 aromatic heterocycles. The van der Waals surface area contributed by atoms with Gasteiger partial charge in [0.05, 0.1) is 12.2 Å². The van der Waals surface area contributed by atoms with Gasteiger partial charge in [0.2, 0.25) is 0 Å². The molecule has 0 aliphatic rings. The Morgan fingerprint density at radius 1 is 1.50 bits per heavy atom. The summed E-state index contributed by atoms with van der Waals surface area (Å²) in [6.07, 6.45) is 0.438. The number of ether oxygens (including phenoxy) is 1. The molecule has 3 heteroatoms. The maximum absolute atomic E-state index is 8.83. The van der Waals surface area contributed by atoms with Gasteiger partial charge in [-0.25, -0.2) is 0 Å². The van der Waals surface area contributed by atoms with Gasteiger partial charge in [0.1, 0.15) is 11.3 Å². The normalized spacial score (nSPS) is 15.9. The van der Waals surface area contributed by atoms with Crippen LogP contribution in [-0.2, 0) is 0 Å². The summed E-state index contributed by atoms with van der Waals surface area (Å²) in [6, 6.07) is 9.89. The molecule has 0 amide bonds. The van der Waals surface area contributed by atoms with Gasteiger partial charge in [-0.05, 0) is 32.4 Å². The fourth-order valence-electron chi connectivity index (χ4n) is 1.59. The average Bonchev–Trinajstić information content (AvgIpc) is 2.21. The Labute approximate surface area is 96.8 Å². The molecule has 0 saturated heterocycles. The van der Waals surface area contributed by atoms with Gasteiger partial charge in [0, 0.05) is 6.42 Å². The quantitative estimate of drug-likeness (QED) is 0.844. The van der Waals surface area contributed by atoms with Crippen molar-refractivity contribution >= 4 is 0 Å². The number of nitrogens with zero attached hydrogens (tertiary/aromatic N) is 1. The maximum Gasteiger partial charge on any atom is 0.122 e. The van der Waals surface area contributed by atoms with E-state index in [0.29, 0.717) is 6.42 Å². The zero-order valence-electron chi connectivity index (χ0n) is 10.0. The molecule has 2 atom stereocenters. The van der Waals surface area contributed by atoms with Crippen molar-refractivity contribution < 1.29 is 4.74 Å². The number of benzene rings is 1. The number of nitrogens with two attached hydrogens (primary N) is 1. The van der Waals surface area contributed by atoms with E-state index in [1.165, 1.54) is 0 Å². The molecule has 0 spiro atoms. The fraction of sp³-hybridized carbons (Fsp3) is 0.462. The largest absolute Gasteiger partial charge is 0.490 e. The summed E-state index contributed by atoms with van der Waals surface area (Å²) in [5, 5.41) is 8.83. The molecule has 0 aliphatic heterocycles. The van der Waals surface area contributed by atoms with E-state index in [1.54, 1.807) is 6.92 Å². The molecule has 2 unspecified atom stereocenters. The first-order valence-electron chi connectivity index (χ1n) is 5.37. The Balaban J connectivity index is 2.63. The first kappa shape index (κ1) is 12.5. The summed E-state index contributed by atoms with van der Waals surface area (Å²) in [7, 11) is 0. The van der Waals surface area contributed by atoms with Crippen LogP contribution in [0.5, 0.6) is 5.75 Å². The molecular weight excluding hydrogens is 200 g/mol. The van der Waals surface area contributed by atoms with E-state index in [0.717, 1.165) is 11.3 Å². The van der Waals surface area contributed by atoms with E-state index in [2.05, 4.69) is 6.07 Å². The lowest BCUT2D eigenvalue weighted by Gasteiger charge is -2.22. The number of para-hydroxylation sites is 1. The fourth-order valence-corrected chi connectivity index (χ4v) is 1.59. The van der Waals surface area contributed by atoms with E-state index >= 15 is 0 Å². The summed E-state index contributed by atoms with van der Waals surface area (Å²) >= 11 is 0.